The van der Waals surface area contributed by atoms with Crippen LogP contribution in [-0.4, -0.2) is 31.0 Å². The quantitative estimate of drug-likeness (QED) is 0.771. The Kier molecular flexibility index (Phi) is 4.05. The van der Waals surface area contributed by atoms with E-state index in [9.17, 15) is 9.59 Å². The number of carbonyl (C=O) groups is 2. The Morgan fingerprint density at radius 2 is 1.85 bits per heavy atom. The maximum Gasteiger partial charge on any atom is 0.243 e. The zero-order chi connectivity index (χ0) is 18.4. The van der Waals surface area contributed by atoms with Crippen LogP contribution in [-0.2, 0) is 15.0 Å². The van der Waals surface area contributed by atoms with Crippen molar-refractivity contribution in [2.45, 2.75) is 56.0 Å². The van der Waals surface area contributed by atoms with E-state index in [1.807, 2.05) is 24.3 Å². The fourth-order valence-electron chi connectivity index (χ4n) is 4.79. The predicted molar refractivity (Wildman–Crippen MR) is 98.9 cm³/mol. The second kappa shape index (κ2) is 6.15. The van der Waals surface area contributed by atoms with Gasteiger partial charge in [0, 0.05) is 23.1 Å². The molecule has 0 aromatic heterocycles. The molecular weight excluding hydrogens is 328 g/mol. The fourth-order valence-corrected chi connectivity index (χ4v) is 4.79. The van der Waals surface area contributed by atoms with Crippen LogP contribution in [0.15, 0.2) is 36.9 Å². The van der Waals surface area contributed by atoms with Gasteiger partial charge in [0.15, 0.2) is 0 Å². The molecule has 3 aliphatic rings. The van der Waals surface area contributed by atoms with Crippen molar-refractivity contribution >= 4 is 11.8 Å². The van der Waals surface area contributed by atoms with Gasteiger partial charge in [-0.3, -0.25) is 9.59 Å². The van der Waals surface area contributed by atoms with Crippen molar-refractivity contribution in [1.82, 2.24) is 10.6 Å². The lowest BCUT2D eigenvalue weighted by Gasteiger charge is -2.61. The number of para-hydroxylation sites is 1. The number of nitrogens with one attached hydrogen (secondary N) is 2. The molecule has 3 aliphatic carbocycles. The van der Waals surface area contributed by atoms with Gasteiger partial charge in [-0.1, -0.05) is 31.2 Å². The van der Waals surface area contributed by atoms with E-state index >= 15 is 0 Å². The molecule has 1 aromatic carbocycles. The van der Waals surface area contributed by atoms with E-state index in [0.29, 0.717) is 0 Å². The summed E-state index contributed by atoms with van der Waals surface area (Å²) in [5.74, 6) is 0.758. The second-order valence-electron chi connectivity index (χ2n) is 7.90. The van der Waals surface area contributed by atoms with E-state index in [1.54, 1.807) is 7.11 Å². The van der Waals surface area contributed by atoms with Crippen LogP contribution in [0.25, 0.3) is 0 Å². The Labute approximate surface area is 154 Å². The topological polar surface area (TPSA) is 67.4 Å². The maximum absolute atomic E-state index is 13.1. The Morgan fingerprint density at radius 1 is 1.15 bits per heavy atom. The highest BCUT2D eigenvalue weighted by Crippen LogP contribution is 2.57. The molecule has 3 saturated carbocycles. The summed E-state index contributed by atoms with van der Waals surface area (Å²) >= 11 is 0. The van der Waals surface area contributed by atoms with Crippen molar-refractivity contribution < 1.29 is 14.3 Å². The van der Waals surface area contributed by atoms with Gasteiger partial charge in [0.25, 0.3) is 0 Å². The van der Waals surface area contributed by atoms with E-state index in [2.05, 4.69) is 17.2 Å². The number of hydrogen-bond donors (Lipinski definition) is 2. The smallest absolute Gasteiger partial charge is 0.243 e. The Morgan fingerprint density at radius 3 is 2.42 bits per heavy atom. The summed E-state index contributed by atoms with van der Waals surface area (Å²) in [6.45, 7) is 3.53. The van der Waals surface area contributed by atoms with Crippen molar-refractivity contribution in [2.75, 3.05) is 7.11 Å². The van der Waals surface area contributed by atoms with Gasteiger partial charge < -0.3 is 15.4 Å². The molecule has 0 heterocycles. The average molecular weight is 354 g/mol. The van der Waals surface area contributed by atoms with Gasteiger partial charge in [-0.05, 0) is 44.2 Å². The average Bonchev–Trinajstić information content (AvgIpc) is 3.40. The number of carbonyl (C=O) groups excluding carboxylic acids is 2. The van der Waals surface area contributed by atoms with Crippen LogP contribution in [0.2, 0.25) is 0 Å². The molecule has 0 bridgehead atoms. The standard InChI is InChI=1S/C21H26N2O3/c1-3-18(24)22-16-13-17(21(16)9-6-10-21)23-19(25)20(11-12-20)14-7-4-5-8-15(14)26-2/h3-5,7-8,16-17H,1,6,9-13H2,2H3,(H,22,24)(H,23,25). The van der Waals surface area contributed by atoms with Crippen molar-refractivity contribution in [3.8, 4) is 5.75 Å². The Hall–Kier alpha value is -2.30. The molecule has 2 unspecified atom stereocenters. The zero-order valence-electron chi connectivity index (χ0n) is 15.2. The van der Waals surface area contributed by atoms with E-state index in [1.165, 1.54) is 6.08 Å². The lowest BCUT2D eigenvalue weighted by atomic mass is 9.49. The van der Waals surface area contributed by atoms with Crippen molar-refractivity contribution in [3.05, 3.63) is 42.5 Å². The minimum atomic E-state index is -0.451. The first-order valence-electron chi connectivity index (χ1n) is 9.43. The minimum Gasteiger partial charge on any atom is -0.496 e. The predicted octanol–water partition coefficient (Wildman–Crippen LogP) is 2.46. The molecule has 4 rings (SSSR count). The molecule has 5 nitrogen and oxygen atoms in total. The summed E-state index contributed by atoms with van der Waals surface area (Å²) < 4.78 is 5.48. The van der Waals surface area contributed by atoms with Gasteiger partial charge in [0.2, 0.25) is 11.8 Å². The molecule has 2 amide bonds. The van der Waals surface area contributed by atoms with Crippen LogP contribution in [0.4, 0.5) is 0 Å². The van der Waals surface area contributed by atoms with Gasteiger partial charge in [-0.15, -0.1) is 0 Å². The second-order valence-corrected chi connectivity index (χ2v) is 7.90. The molecule has 1 aromatic rings. The molecule has 0 saturated heterocycles. The molecule has 5 heteroatoms. The van der Waals surface area contributed by atoms with Crippen LogP contribution in [0.5, 0.6) is 5.75 Å². The molecule has 0 radical (unpaired) electrons. The third-order valence-electron chi connectivity index (χ3n) is 6.76. The summed E-state index contributed by atoms with van der Waals surface area (Å²) in [6.07, 6.45) is 7.10. The lowest BCUT2D eigenvalue weighted by Crippen LogP contribution is -2.72. The number of benzene rings is 1. The van der Waals surface area contributed by atoms with Crippen LogP contribution in [0, 0.1) is 5.41 Å². The van der Waals surface area contributed by atoms with Gasteiger partial charge in [0.1, 0.15) is 5.75 Å². The largest absolute Gasteiger partial charge is 0.496 e. The normalized spacial score (nSPS) is 26.8. The van der Waals surface area contributed by atoms with Gasteiger partial charge >= 0.3 is 0 Å². The number of hydrogen-bond acceptors (Lipinski definition) is 3. The van der Waals surface area contributed by atoms with E-state index in [-0.39, 0.29) is 29.3 Å². The monoisotopic (exact) mass is 354 g/mol. The lowest BCUT2D eigenvalue weighted by molar-refractivity contribution is -0.133. The van der Waals surface area contributed by atoms with Crippen molar-refractivity contribution in [1.29, 1.82) is 0 Å². The first kappa shape index (κ1) is 17.1. The van der Waals surface area contributed by atoms with E-state index in [0.717, 1.165) is 49.8 Å². The third-order valence-corrected chi connectivity index (χ3v) is 6.76. The van der Waals surface area contributed by atoms with Crippen LogP contribution < -0.4 is 15.4 Å². The molecule has 0 aliphatic heterocycles. The maximum atomic E-state index is 13.1. The molecule has 1 spiro atoms. The van der Waals surface area contributed by atoms with E-state index < -0.39 is 5.41 Å². The zero-order valence-corrected chi connectivity index (χ0v) is 15.2. The number of methoxy groups -OCH3 is 1. The van der Waals surface area contributed by atoms with Gasteiger partial charge in [-0.2, -0.15) is 0 Å². The summed E-state index contributed by atoms with van der Waals surface area (Å²) in [7, 11) is 1.65. The Bertz CT molecular complexity index is 749. The number of ether oxygens (including phenoxy) is 1. The Balaban J connectivity index is 1.47. The molecule has 2 N–H and O–H groups in total. The number of amides is 2. The first-order valence-corrected chi connectivity index (χ1v) is 9.43. The molecule has 26 heavy (non-hydrogen) atoms. The highest BCUT2D eigenvalue weighted by atomic mass is 16.5. The SMILES string of the molecule is C=CC(=O)NC1CC(NC(=O)C2(c3ccccc3OC)CC2)C12CCC2. The summed E-state index contributed by atoms with van der Waals surface area (Å²) in [5, 5.41) is 6.35. The summed E-state index contributed by atoms with van der Waals surface area (Å²) in [4.78, 5) is 24.8. The van der Waals surface area contributed by atoms with Crippen LogP contribution in [0.3, 0.4) is 0 Å². The minimum absolute atomic E-state index is 0.0329. The molecule has 138 valence electrons. The third kappa shape index (κ3) is 2.44. The van der Waals surface area contributed by atoms with Crippen molar-refractivity contribution in [2.24, 2.45) is 5.41 Å². The summed E-state index contributed by atoms with van der Waals surface area (Å²) in [5.41, 5.74) is 0.566. The van der Waals surface area contributed by atoms with Crippen LogP contribution >= 0.6 is 0 Å². The summed E-state index contributed by atoms with van der Waals surface area (Å²) in [6, 6.07) is 8.10. The highest BCUT2D eigenvalue weighted by molar-refractivity contribution is 5.92. The van der Waals surface area contributed by atoms with Crippen LogP contribution in [0.1, 0.15) is 44.1 Å². The molecule has 3 fully saturated rings. The van der Waals surface area contributed by atoms with E-state index in [4.69, 9.17) is 4.74 Å². The van der Waals surface area contributed by atoms with Gasteiger partial charge in [0.05, 0.1) is 12.5 Å². The highest BCUT2D eigenvalue weighted by Gasteiger charge is 2.61. The first-order chi connectivity index (χ1) is 12.6. The molecule has 2 atom stereocenters. The number of rotatable bonds is 6. The van der Waals surface area contributed by atoms with Gasteiger partial charge in [-0.25, -0.2) is 0 Å². The molecular formula is C21H26N2O3. The van der Waals surface area contributed by atoms with Crippen molar-refractivity contribution in [3.63, 3.8) is 0 Å². The fraction of sp³-hybridized carbons (Fsp3) is 0.524.